The van der Waals surface area contributed by atoms with Gasteiger partial charge in [0, 0.05) is 7.11 Å². The maximum Gasteiger partial charge on any atom is 0.103 e. The highest BCUT2D eigenvalue weighted by Crippen LogP contribution is 2.32. The van der Waals surface area contributed by atoms with Crippen molar-refractivity contribution in [2.75, 3.05) is 7.11 Å². The second-order valence-corrected chi connectivity index (χ2v) is 4.57. The lowest BCUT2D eigenvalue weighted by Gasteiger charge is -2.27. The molecule has 0 amide bonds. The lowest BCUT2D eigenvalue weighted by Crippen LogP contribution is -2.33. The second kappa shape index (κ2) is 6.48. The van der Waals surface area contributed by atoms with Gasteiger partial charge in [0.1, 0.15) is 6.10 Å². The Morgan fingerprint density at radius 3 is 2.21 bits per heavy atom. The van der Waals surface area contributed by atoms with Crippen molar-refractivity contribution in [1.29, 1.82) is 0 Å². The molecule has 0 fully saturated rings. The Morgan fingerprint density at radius 1 is 1.00 bits per heavy atom. The summed E-state index contributed by atoms with van der Waals surface area (Å²) in [6, 6.07) is 18.2. The van der Waals surface area contributed by atoms with E-state index >= 15 is 0 Å². The molecule has 0 saturated heterocycles. The number of ether oxygens (including phenoxy) is 1. The molecule has 2 unspecified atom stereocenters. The summed E-state index contributed by atoms with van der Waals surface area (Å²) in [6.45, 7) is 2.08. The van der Waals surface area contributed by atoms with Gasteiger partial charge in [0.05, 0.1) is 6.04 Å². The predicted octanol–water partition coefficient (Wildman–Crippen LogP) is 2.89. The summed E-state index contributed by atoms with van der Waals surface area (Å²) in [5, 5.41) is 0. The largest absolute Gasteiger partial charge is 0.375 e. The quantitative estimate of drug-likeness (QED) is 0.639. The second-order valence-electron chi connectivity index (χ2n) is 4.57. The summed E-state index contributed by atoms with van der Waals surface area (Å²) in [7, 11) is 1.71. The first-order valence-electron chi connectivity index (χ1n) is 6.37. The van der Waals surface area contributed by atoms with Gasteiger partial charge < -0.3 is 4.74 Å². The van der Waals surface area contributed by atoms with Crippen LogP contribution in [0.2, 0.25) is 0 Å². The first-order valence-corrected chi connectivity index (χ1v) is 6.37. The van der Waals surface area contributed by atoms with E-state index in [0.717, 1.165) is 11.1 Å². The number of methoxy groups -OCH3 is 1. The maximum absolute atomic E-state index is 5.76. The fourth-order valence-electron chi connectivity index (χ4n) is 2.38. The fourth-order valence-corrected chi connectivity index (χ4v) is 2.38. The Kier molecular flexibility index (Phi) is 4.68. The van der Waals surface area contributed by atoms with Gasteiger partial charge in [0.2, 0.25) is 0 Å². The first-order chi connectivity index (χ1) is 9.27. The summed E-state index contributed by atoms with van der Waals surface area (Å²) in [4.78, 5) is 0. The molecule has 19 heavy (non-hydrogen) atoms. The van der Waals surface area contributed by atoms with E-state index in [1.54, 1.807) is 7.11 Å². The fraction of sp³-hybridized carbons (Fsp3) is 0.250. The highest BCUT2D eigenvalue weighted by molar-refractivity contribution is 5.32. The Balaban J connectivity index is 2.38. The number of hydrogen-bond acceptors (Lipinski definition) is 3. The molecule has 100 valence electrons. The normalized spacial score (nSPS) is 14.1. The van der Waals surface area contributed by atoms with Crippen LogP contribution in [0.15, 0.2) is 54.6 Å². The maximum atomic E-state index is 5.76. The molecular weight excluding hydrogens is 236 g/mol. The lowest BCUT2D eigenvalue weighted by molar-refractivity contribution is 0.0674. The van der Waals surface area contributed by atoms with Crippen LogP contribution in [0.3, 0.4) is 0 Å². The van der Waals surface area contributed by atoms with Crippen LogP contribution in [-0.4, -0.2) is 7.11 Å². The minimum Gasteiger partial charge on any atom is -0.375 e. The van der Waals surface area contributed by atoms with E-state index in [4.69, 9.17) is 10.6 Å². The van der Waals surface area contributed by atoms with Crippen LogP contribution in [0.5, 0.6) is 0 Å². The molecule has 0 aliphatic rings. The minimum absolute atomic E-state index is 0.0754. The monoisotopic (exact) mass is 256 g/mol. The SMILES string of the molecule is COC(c1ccccc1)C(NN)c1ccccc1C. The first kappa shape index (κ1) is 13.7. The van der Waals surface area contributed by atoms with E-state index in [1.165, 1.54) is 5.56 Å². The van der Waals surface area contributed by atoms with Gasteiger partial charge in [-0.3, -0.25) is 5.84 Å². The van der Waals surface area contributed by atoms with Gasteiger partial charge in [-0.1, -0.05) is 54.6 Å². The summed E-state index contributed by atoms with van der Waals surface area (Å²) in [5.74, 6) is 5.76. The van der Waals surface area contributed by atoms with Crippen molar-refractivity contribution in [2.45, 2.75) is 19.1 Å². The molecule has 0 saturated carbocycles. The topological polar surface area (TPSA) is 47.3 Å². The average Bonchev–Trinajstić information content (AvgIpc) is 2.46. The minimum atomic E-state index is -0.118. The number of benzene rings is 2. The van der Waals surface area contributed by atoms with E-state index in [2.05, 4.69) is 36.6 Å². The molecule has 2 aromatic carbocycles. The number of nitrogens with one attached hydrogen (secondary N) is 1. The van der Waals surface area contributed by atoms with Crippen molar-refractivity contribution < 1.29 is 4.74 Å². The molecular formula is C16H20N2O. The van der Waals surface area contributed by atoms with E-state index in [9.17, 15) is 0 Å². The smallest absolute Gasteiger partial charge is 0.103 e. The van der Waals surface area contributed by atoms with Crippen molar-refractivity contribution >= 4 is 0 Å². The molecule has 3 N–H and O–H groups in total. The van der Waals surface area contributed by atoms with Crippen LogP contribution in [-0.2, 0) is 4.74 Å². The number of hydrazine groups is 1. The standard InChI is InChI=1S/C16H20N2O/c1-12-8-6-7-11-14(12)15(18-17)16(19-2)13-9-4-3-5-10-13/h3-11,15-16,18H,17H2,1-2H3. The van der Waals surface area contributed by atoms with E-state index in [1.807, 2.05) is 30.3 Å². The Morgan fingerprint density at radius 2 is 1.63 bits per heavy atom. The number of rotatable bonds is 5. The van der Waals surface area contributed by atoms with E-state index in [-0.39, 0.29) is 12.1 Å². The van der Waals surface area contributed by atoms with Crippen LogP contribution in [0.25, 0.3) is 0 Å². The van der Waals surface area contributed by atoms with Crippen LogP contribution >= 0.6 is 0 Å². The summed E-state index contributed by atoms with van der Waals surface area (Å²) in [5.41, 5.74) is 6.34. The summed E-state index contributed by atoms with van der Waals surface area (Å²) in [6.07, 6.45) is -0.118. The Hall–Kier alpha value is -1.68. The molecule has 0 spiro atoms. The molecule has 2 aromatic rings. The molecule has 0 radical (unpaired) electrons. The summed E-state index contributed by atoms with van der Waals surface area (Å²) < 4.78 is 5.66. The highest BCUT2D eigenvalue weighted by Gasteiger charge is 2.24. The third kappa shape index (κ3) is 3.01. The average molecular weight is 256 g/mol. The molecule has 0 aromatic heterocycles. The Labute approximate surface area is 114 Å². The number of nitrogens with two attached hydrogens (primary N) is 1. The predicted molar refractivity (Wildman–Crippen MR) is 77.4 cm³/mol. The van der Waals surface area contributed by atoms with Gasteiger partial charge in [0.25, 0.3) is 0 Å². The Bertz CT molecular complexity index is 513. The zero-order valence-corrected chi connectivity index (χ0v) is 11.3. The van der Waals surface area contributed by atoms with Crippen LogP contribution in [0.4, 0.5) is 0 Å². The third-order valence-electron chi connectivity index (χ3n) is 3.39. The lowest BCUT2D eigenvalue weighted by atomic mass is 9.93. The van der Waals surface area contributed by atoms with Crippen molar-refractivity contribution in [3.05, 3.63) is 71.3 Å². The van der Waals surface area contributed by atoms with Gasteiger partial charge in [-0.05, 0) is 23.6 Å². The number of hydrogen-bond donors (Lipinski definition) is 2. The zero-order valence-electron chi connectivity index (χ0n) is 11.3. The molecule has 0 aliphatic carbocycles. The molecule has 2 atom stereocenters. The van der Waals surface area contributed by atoms with Crippen molar-refractivity contribution in [3.8, 4) is 0 Å². The van der Waals surface area contributed by atoms with Gasteiger partial charge in [0.15, 0.2) is 0 Å². The van der Waals surface area contributed by atoms with Crippen molar-refractivity contribution in [1.82, 2.24) is 5.43 Å². The molecule has 2 rings (SSSR count). The molecule has 0 aliphatic heterocycles. The van der Waals surface area contributed by atoms with Gasteiger partial charge >= 0.3 is 0 Å². The zero-order chi connectivity index (χ0) is 13.7. The molecule has 0 bridgehead atoms. The molecule has 0 heterocycles. The van der Waals surface area contributed by atoms with Crippen LogP contribution in [0, 0.1) is 6.92 Å². The van der Waals surface area contributed by atoms with Gasteiger partial charge in [-0.25, -0.2) is 5.43 Å². The van der Waals surface area contributed by atoms with Crippen molar-refractivity contribution in [3.63, 3.8) is 0 Å². The molecule has 3 heteroatoms. The van der Waals surface area contributed by atoms with E-state index < -0.39 is 0 Å². The van der Waals surface area contributed by atoms with Gasteiger partial charge in [-0.2, -0.15) is 0 Å². The third-order valence-corrected chi connectivity index (χ3v) is 3.39. The van der Waals surface area contributed by atoms with Crippen LogP contribution in [0.1, 0.15) is 28.8 Å². The van der Waals surface area contributed by atoms with Crippen LogP contribution < -0.4 is 11.3 Å². The van der Waals surface area contributed by atoms with Gasteiger partial charge in [-0.15, -0.1) is 0 Å². The molecule has 3 nitrogen and oxygen atoms in total. The van der Waals surface area contributed by atoms with Crippen molar-refractivity contribution in [2.24, 2.45) is 5.84 Å². The van der Waals surface area contributed by atoms with E-state index in [0.29, 0.717) is 0 Å². The number of aryl methyl sites for hydroxylation is 1. The highest BCUT2D eigenvalue weighted by atomic mass is 16.5. The summed E-state index contributed by atoms with van der Waals surface area (Å²) >= 11 is 0.